The SMILES string of the molecule is c1coc(CN2CCOc3c(cc(-c4nc5ccccc5s4)cc3O[C@@H]3CCOC3)C2)c1. The van der Waals surface area contributed by atoms with Crippen LogP contribution in [-0.4, -0.2) is 42.4 Å². The van der Waals surface area contributed by atoms with Gasteiger partial charge in [-0.2, -0.15) is 0 Å². The highest BCUT2D eigenvalue weighted by Crippen LogP contribution is 2.41. The highest BCUT2D eigenvalue weighted by Gasteiger charge is 2.25. The van der Waals surface area contributed by atoms with Gasteiger partial charge in [0.25, 0.3) is 0 Å². The van der Waals surface area contributed by atoms with Crippen molar-refractivity contribution in [1.29, 1.82) is 0 Å². The second-order valence-electron chi connectivity index (χ2n) is 8.19. The fourth-order valence-electron chi connectivity index (χ4n) is 4.29. The molecule has 6 nitrogen and oxygen atoms in total. The quantitative estimate of drug-likeness (QED) is 0.422. The van der Waals surface area contributed by atoms with Crippen LogP contribution in [0, 0.1) is 0 Å². The molecule has 164 valence electrons. The normalized spacial score (nSPS) is 18.9. The van der Waals surface area contributed by atoms with E-state index in [9.17, 15) is 0 Å². The average Bonchev–Trinajstić information content (AvgIpc) is 3.55. The van der Waals surface area contributed by atoms with Crippen molar-refractivity contribution in [2.45, 2.75) is 25.6 Å². The van der Waals surface area contributed by atoms with Crippen molar-refractivity contribution in [1.82, 2.24) is 9.88 Å². The molecule has 0 spiro atoms. The zero-order valence-corrected chi connectivity index (χ0v) is 18.5. The van der Waals surface area contributed by atoms with E-state index in [0.29, 0.717) is 13.2 Å². The average molecular weight is 449 g/mol. The molecule has 0 saturated carbocycles. The van der Waals surface area contributed by atoms with Crippen molar-refractivity contribution in [2.24, 2.45) is 0 Å². The van der Waals surface area contributed by atoms with E-state index in [4.69, 9.17) is 23.6 Å². The number of nitrogens with zero attached hydrogens (tertiary/aromatic N) is 2. The second-order valence-corrected chi connectivity index (χ2v) is 9.22. The number of ether oxygens (including phenoxy) is 3. The minimum Gasteiger partial charge on any atom is -0.488 e. The van der Waals surface area contributed by atoms with Crippen molar-refractivity contribution >= 4 is 21.6 Å². The Morgan fingerprint density at radius 1 is 1.12 bits per heavy atom. The molecule has 0 unspecified atom stereocenters. The Hall–Kier alpha value is -2.87. The van der Waals surface area contributed by atoms with Crippen molar-refractivity contribution < 1.29 is 18.6 Å². The number of aromatic nitrogens is 1. The van der Waals surface area contributed by atoms with Gasteiger partial charge >= 0.3 is 0 Å². The lowest BCUT2D eigenvalue weighted by molar-refractivity contribution is 0.137. The third-order valence-electron chi connectivity index (χ3n) is 5.86. The minimum absolute atomic E-state index is 0.0517. The molecule has 0 radical (unpaired) electrons. The van der Waals surface area contributed by atoms with Crippen LogP contribution in [0.15, 0.2) is 59.2 Å². The zero-order valence-electron chi connectivity index (χ0n) is 17.7. The first kappa shape index (κ1) is 19.8. The lowest BCUT2D eigenvalue weighted by atomic mass is 10.1. The van der Waals surface area contributed by atoms with Crippen LogP contribution in [0.25, 0.3) is 20.8 Å². The number of hydrogen-bond acceptors (Lipinski definition) is 7. The van der Waals surface area contributed by atoms with E-state index in [0.717, 1.165) is 71.6 Å². The summed E-state index contributed by atoms with van der Waals surface area (Å²) in [5.74, 6) is 2.58. The first-order chi connectivity index (χ1) is 15.8. The van der Waals surface area contributed by atoms with Crippen LogP contribution in [0.2, 0.25) is 0 Å². The summed E-state index contributed by atoms with van der Waals surface area (Å²) in [4.78, 5) is 7.22. The molecular weight excluding hydrogens is 424 g/mol. The van der Waals surface area contributed by atoms with Crippen molar-refractivity contribution in [3.63, 3.8) is 0 Å². The molecule has 0 aliphatic carbocycles. The summed E-state index contributed by atoms with van der Waals surface area (Å²) in [6, 6.07) is 16.5. The standard InChI is InChI=1S/C25H24N2O4S/c1-2-6-23-21(5-1)26-25(32-23)17-12-18-14-27(15-19-4-3-9-29-19)8-11-30-24(18)22(13-17)31-20-7-10-28-16-20/h1-6,9,12-13,20H,7-8,10-11,14-16H2/t20-/m1/s1. The first-order valence-corrected chi connectivity index (χ1v) is 11.8. The summed E-state index contributed by atoms with van der Waals surface area (Å²) < 4.78 is 24.9. The maximum absolute atomic E-state index is 6.40. The van der Waals surface area contributed by atoms with Gasteiger partial charge in [0.15, 0.2) is 11.5 Å². The third-order valence-corrected chi connectivity index (χ3v) is 6.95. The molecule has 4 heterocycles. The van der Waals surface area contributed by atoms with Crippen LogP contribution < -0.4 is 9.47 Å². The Labute approximate surface area is 190 Å². The summed E-state index contributed by atoms with van der Waals surface area (Å²) in [7, 11) is 0. The largest absolute Gasteiger partial charge is 0.488 e. The van der Waals surface area contributed by atoms with E-state index in [1.807, 2.05) is 18.2 Å². The lowest BCUT2D eigenvalue weighted by Crippen LogP contribution is -2.25. The number of para-hydroxylation sites is 1. The Morgan fingerprint density at radius 3 is 2.94 bits per heavy atom. The molecule has 0 N–H and O–H groups in total. The second kappa shape index (κ2) is 8.58. The van der Waals surface area contributed by atoms with Crippen molar-refractivity contribution in [3.05, 3.63) is 66.1 Å². The lowest BCUT2D eigenvalue weighted by Gasteiger charge is -2.19. The monoisotopic (exact) mass is 448 g/mol. The van der Waals surface area contributed by atoms with Crippen molar-refractivity contribution in [2.75, 3.05) is 26.4 Å². The Kier molecular flexibility index (Phi) is 5.30. The van der Waals surface area contributed by atoms with Gasteiger partial charge in [-0.15, -0.1) is 11.3 Å². The fourth-order valence-corrected chi connectivity index (χ4v) is 5.24. The molecule has 6 rings (SSSR count). The smallest absolute Gasteiger partial charge is 0.165 e. The summed E-state index contributed by atoms with van der Waals surface area (Å²) >= 11 is 1.70. The molecule has 2 aliphatic heterocycles. The molecule has 4 aromatic rings. The van der Waals surface area contributed by atoms with E-state index in [1.165, 1.54) is 4.70 Å². The van der Waals surface area contributed by atoms with E-state index in [-0.39, 0.29) is 6.10 Å². The highest BCUT2D eigenvalue weighted by atomic mass is 32.1. The van der Waals surface area contributed by atoms with Gasteiger partial charge in [0.1, 0.15) is 23.5 Å². The molecule has 2 aromatic heterocycles. The van der Waals surface area contributed by atoms with Gasteiger partial charge < -0.3 is 18.6 Å². The summed E-state index contributed by atoms with van der Waals surface area (Å²) in [5.41, 5.74) is 3.19. The minimum atomic E-state index is 0.0517. The van der Waals surface area contributed by atoms with Crippen molar-refractivity contribution in [3.8, 4) is 22.1 Å². The first-order valence-electron chi connectivity index (χ1n) is 11.0. The number of furan rings is 1. The molecule has 1 saturated heterocycles. The van der Waals surface area contributed by atoms with E-state index < -0.39 is 0 Å². The van der Waals surface area contributed by atoms with E-state index >= 15 is 0 Å². The molecule has 1 fully saturated rings. The Morgan fingerprint density at radius 2 is 2.09 bits per heavy atom. The molecule has 32 heavy (non-hydrogen) atoms. The van der Waals surface area contributed by atoms with Gasteiger partial charge in [-0.25, -0.2) is 4.98 Å². The molecule has 7 heteroatoms. The van der Waals surface area contributed by atoms with Crippen LogP contribution >= 0.6 is 11.3 Å². The van der Waals surface area contributed by atoms with Gasteiger partial charge in [-0.05, 0) is 36.4 Å². The third kappa shape index (κ3) is 3.99. The predicted molar refractivity (Wildman–Crippen MR) is 123 cm³/mol. The Bertz CT molecular complexity index is 1180. The van der Waals surface area contributed by atoms with Gasteiger partial charge in [0.05, 0.1) is 36.2 Å². The summed E-state index contributed by atoms with van der Waals surface area (Å²) in [6.45, 7) is 4.27. The number of rotatable bonds is 5. The predicted octanol–water partition coefficient (Wildman–Crippen LogP) is 5.12. The van der Waals surface area contributed by atoms with E-state index in [2.05, 4.69) is 35.2 Å². The summed E-state index contributed by atoms with van der Waals surface area (Å²) in [6.07, 6.45) is 2.67. The van der Waals surface area contributed by atoms with E-state index in [1.54, 1.807) is 17.6 Å². The van der Waals surface area contributed by atoms with Crippen LogP contribution in [0.5, 0.6) is 11.5 Å². The molecule has 1 atom stereocenters. The molecule has 0 amide bonds. The van der Waals surface area contributed by atoms with Gasteiger partial charge in [0.2, 0.25) is 0 Å². The molecule has 0 bridgehead atoms. The topological polar surface area (TPSA) is 57.0 Å². The Balaban J connectivity index is 1.39. The molecule has 2 aromatic carbocycles. The number of hydrogen-bond donors (Lipinski definition) is 0. The summed E-state index contributed by atoms with van der Waals surface area (Å²) in [5, 5.41) is 0.989. The number of benzene rings is 2. The number of fused-ring (bicyclic) bond motifs is 2. The van der Waals surface area contributed by atoms with Crippen LogP contribution in [0.3, 0.4) is 0 Å². The van der Waals surface area contributed by atoms with Gasteiger partial charge in [0, 0.05) is 30.6 Å². The highest BCUT2D eigenvalue weighted by molar-refractivity contribution is 7.21. The zero-order chi connectivity index (χ0) is 21.3. The van der Waals surface area contributed by atoms with Crippen LogP contribution in [-0.2, 0) is 17.8 Å². The maximum atomic E-state index is 6.40. The van der Waals surface area contributed by atoms with Crippen LogP contribution in [0.1, 0.15) is 17.7 Å². The molecular formula is C25H24N2O4S. The fraction of sp³-hybridized carbons (Fsp3) is 0.320. The maximum Gasteiger partial charge on any atom is 0.165 e. The number of thiazole rings is 1. The van der Waals surface area contributed by atoms with Gasteiger partial charge in [-0.1, -0.05) is 12.1 Å². The molecule has 2 aliphatic rings. The van der Waals surface area contributed by atoms with Gasteiger partial charge in [-0.3, -0.25) is 4.90 Å². The van der Waals surface area contributed by atoms with Crippen LogP contribution in [0.4, 0.5) is 0 Å².